The number of hydrogen-bond donors (Lipinski definition) is 1. The number of nitrogens with one attached hydrogen (secondary N) is 1. The third-order valence-electron chi connectivity index (χ3n) is 3.62. The van der Waals surface area contributed by atoms with Gasteiger partial charge in [-0.1, -0.05) is 19.1 Å². The maximum absolute atomic E-state index is 9.06. The standard InChI is InChI=1S/C18H19N5O/c1-2-20-9-4-10-24-18-8-7-17-21-13-16(23(17)22-18)15-6-3-5-14(11-15)12-19/h3,5-8,11,13,20H,2,4,9-10H2,1H3. The maximum Gasteiger partial charge on any atom is 0.231 e. The first-order valence-corrected chi connectivity index (χ1v) is 8.00. The highest BCUT2D eigenvalue weighted by Crippen LogP contribution is 2.22. The van der Waals surface area contributed by atoms with Gasteiger partial charge in [0.15, 0.2) is 5.65 Å². The molecule has 0 amide bonds. The highest BCUT2D eigenvalue weighted by atomic mass is 16.5. The fourth-order valence-electron chi connectivity index (χ4n) is 2.43. The van der Waals surface area contributed by atoms with Crippen molar-refractivity contribution in [1.29, 1.82) is 5.26 Å². The number of ether oxygens (including phenoxy) is 1. The molecule has 0 aliphatic rings. The molecule has 1 aromatic carbocycles. The van der Waals surface area contributed by atoms with Gasteiger partial charge in [-0.3, -0.25) is 0 Å². The molecule has 24 heavy (non-hydrogen) atoms. The molecule has 6 nitrogen and oxygen atoms in total. The predicted octanol–water partition coefficient (Wildman–Crippen LogP) is 2.65. The van der Waals surface area contributed by atoms with Gasteiger partial charge in [0.2, 0.25) is 5.88 Å². The van der Waals surface area contributed by atoms with Crippen LogP contribution in [0.15, 0.2) is 42.6 Å². The number of imidazole rings is 1. The molecule has 0 spiro atoms. The Kier molecular flexibility index (Phi) is 5.04. The van der Waals surface area contributed by atoms with Gasteiger partial charge in [-0.15, -0.1) is 5.10 Å². The van der Waals surface area contributed by atoms with Crippen LogP contribution in [0.5, 0.6) is 5.88 Å². The molecule has 0 aliphatic heterocycles. The second-order valence-electron chi connectivity index (χ2n) is 5.33. The van der Waals surface area contributed by atoms with Gasteiger partial charge < -0.3 is 10.1 Å². The lowest BCUT2D eigenvalue weighted by molar-refractivity contribution is 0.293. The quantitative estimate of drug-likeness (QED) is 0.677. The SMILES string of the molecule is CCNCCCOc1ccc2ncc(-c3cccc(C#N)c3)n2n1. The predicted molar refractivity (Wildman–Crippen MR) is 91.8 cm³/mol. The Bertz CT molecular complexity index is 865. The van der Waals surface area contributed by atoms with Crippen LogP contribution in [0.2, 0.25) is 0 Å². The molecule has 0 unspecified atom stereocenters. The molecule has 0 bridgehead atoms. The van der Waals surface area contributed by atoms with E-state index in [-0.39, 0.29) is 0 Å². The van der Waals surface area contributed by atoms with Gasteiger partial charge in [0.1, 0.15) is 0 Å². The van der Waals surface area contributed by atoms with Gasteiger partial charge in [0.25, 0.3) is 0 Å². The molecule has 0 saturated heterocycles. The zero-order valence-corrected chi connectivity index (χ0v) is 13.6. The Balaban J connectivity index is 1.82. The minimum Gasteiger partial charge on any atom is -0.477 e. The van der Waals surface area contributed by atoms with Crippen LogP contribution in [0, 0.1) is 11.3 Å². The second kappa shape index (κ2) is 7.57. The Morgan fingerprint density at radius 3 is 3.04 bits per heavy atom. The zero-order chi connectivity index (χ0) is 16.8. The number of benzene rings is 1. The first kappa shape index (κ1) is 16.0. The van der Waals surface area contributed by atoms with Crippen molar-refractivity contribution >= 4 is 5.65 Å². The average molecular weight is 321 g/mol. The van der Waals surface area contributed by atoms with Crippen molar-refractivity contribution in [2.75, 3.05) is 19.7 Å². The molecule has 2 heterocycles. The lowest BCUT2D eigenvalue weighted by atomic mass is 10.1. The molecule has 1 N–H and O–H groups in total. The van der Waals surface area contributed by atoms with E-state index in [4.69, 9.17) is 10.00 Å². The van der Waals surface area contributed by atoms with Crippen LogP contribution >= 0.6 is 0 Å². The summed E-state index contributed by atoms with van der Waals surface area (Å²) in [5.41, 5.74) is 3.09. The van der Waals surface area contributed by atoms with Crippen LogP contribution < -0.4 is 10.1 Å². The normalized spacial score (nSPS) is 10.7. The van der Waals surface area contributed by atoms with Gasteiger partial charge in [-0.2, -0.15) is 5.26 Å². The summed E-state index contributed by atoms with van der Waals surface area (Å²) in [6.45, 7) is 4.58. The molecule has 0 saturated carbocycles. The Hall–Kier alpha value is -2.91. The van der Waals surface area contributed by atoms with Crippen molar-refractivity contribution < 1.29 is 4.74 Å². The van der Waals surface area contributed by atoms with Crippen LogP contribution in [-0.4, -0.2) is 34.3 Å². The summed E-state index contributed by atoms with van der Waals surface area (Å²) >= 11 is 0. The van der Waals surface area contributed by atoms with Crippen LogP contribution in [0.3, 0.4) is 0 Å². The molecule has 0 radical (unpaired) electrons. The lowest BCUT2D eigenvalue weighted by Crippen LogP contribution is -2.16. The summed E-state index contributed by atoms with van der Waals surface area (Å²) in [7, 11) is 0. The minimum atomic E-state index is 0.565. The van der Waals surface area contributed by atoms with E-state index in [9.17, 15) is 0 Å². The van der Waals surface area contributed by atoms with Crippen molar-refractivity contribution in [3.05, 3.63) is 48.2 Å². The smallest absolute Gasteiger partial charge is 0.231 e. The summed E-state index contributed by atoms with van der Waals surface area (Å²) in [6, 6.07) is 13.3. The molecule has 2 aromatic heterocycles. The summed E-state index contributed by atoms with van der Waals surface area (Å²) in [5, 5.41) is 16.8. The third-order valence-corrected chi connectivity index (χ3v) is 3.62. The van der Waals surface area contributed by atoms with E-state index in [2.05, 4.69) is 28.4 Å². The van der Waals surface area contributed by atoms with Crippen molar-refractivity contribution in [3.8, 4) is 23.2 Å². The summed E-state index contributed by atoms with van der Waals surface area (Å²) in [4.78, 5) is 4.36. The van der Waals surface area contributed by atoms with Gasteiger partial charge in [-0.25, -0.2) is 9.50 Å². The summed E-state index contributed by atoms with van der Waals surface area (Å²) < 4.78 is 7.46. The van der Waals surface area contributed by atoms with Crippen LogP contribution in [0.25, 0.3) is 16.9 Å². The minimum absolute atomic E-state index is 0.565. The molecule has 122 valence electrons. The molecule has 0 atom stereocenters. The maximum atomic E-state index is 9.06. The number of fused-ring (bicyclic) bond motifs is 1. The third kappa shape index (κ3) is 3.53. The molecular weight excluding hydrogens is 302 g/mol. The van der Waals surface area contributed by atoms with Crippen LogP contribution in [-0.2, 0) is 0 Å². The molecular formula is C18H19N5O. The van der Waals surface area contributed by atoms with Crippen molar-refractivity contribution in [2.24, 2.45) is 0 Å². The van der Waals surface area contributed by atoms with E-state index in [1.54, 1.807) is 16.8 Å². The molecule has 0 fully saturated rings. The fourth-order valence-corrected chi connectivity index (χ4v) is 2.43. The topological polar surface area (TPSA) is 75.2 Å². The van der Waals surface area contributed by atoms with Crippen molar-refractivity contribution in [3.63, 3.8) is 0 Å². The first-order chi connectivity index (χ1) is 11.8. The Morgan fingerprint density at radius 2 is 2.21 bits per heavy atom. The van der Waals surface area contributed by atoms with E-state index in [0.29, 0.717) is 18.1 Å². The monoisotopic (exact) mass is 321 g/mol. The largest absolute Gasteiger partial charge is 0.477 e. The molecule has 0 aliphatic carbocycles. The van der Waals surface area contributed by atoms with Crippen molar-refractivity contribution in [1.82, 2.24) is 19.9 Å². The van der Waals surface area contributed by atoms with Gasteiger partial charge in [0, 0.05) is 11.6 Å². The highest BCUT2D eigenvalue weighted by molar-refractivity contribution is 5.64. The average Bonchev–Trinajstić information content (AvgIpc) is 3.05. The van der Waals surface area contributed by atoms with Crippen LogP contribution in [0.1, 0.15) is 18.9 Å². The number of rotatable bonds is 7. The van der Waals surface area contributed by atoms with Crippen LogP contribution in [0.4, 0.5) is 0 Å². The number of aromatic nitrogens is 3. The lowest BCUT2D eigenvalue weighted by Gasteiger charge is -2.07. The van der Waals surface area contributed by atoms with Crippen molar-refractivity contribution in [2.45, 2.75) is 13.3 Å². The number of nitriles is 1. The van der Waals surface area contributed by atoms with E-state index < -0.39 is 0 Å². The summed E-state index contributed by atoms with van der Waals surface area (Å²) in [5.74, 6) is 0.565. The zero-order valence-electron chi connectivity index (χ0n) is 13.6. The molecule has 6 heteroatoms. The number of hydrogen-bond acceptors (Lipinski definition) is 5. The second-order valence-corrected chi connectivity index (χ2v) is 5.33. The highest BCUT2D eigenvalue weighted by Gasteiger charge is 2.09. The van der Waals surface area contributed by atoms with Gasteiger partial charge in [-0.05, 0) is 37.7 Å². The number of nitrogens with zero attached hydrogens (tertiary/aromatic N) is 4. The Labute approximate surface area is 140 Å². The Morgan fingerprint density at radius 1 is 1.29 bits per heavy atom. The van der Waals surface area contributed by atoms with E-state index >= 15 is 0 Å². The van der Waals surface area contributed by atoms with E-state index in [0.717, 1.165) is 36.4 Å². The first-order valence-electron chi connectivity index (χ1n) is 8.00. The molecule has 3 rings (SSSR count). The summed E-state index contributed by atoms with van der Waals surface area (Å²) in [6.07, 6.45) is 2.68. The van der Waals surface area contributed by atoms with Gasteiger partial charge in [0.05, 0.1) is 30.1 Å². The fraction of sp³-hybridized carbons (Fsp3) is 0.278. The van der Waals surface area contributed by atoms with E-state index in [1.807, 2.05) is 30.3 Å². The molecule has 3 aromatic rings. The van der Waals surface area contributed by atoms with Gasteiger partial charge >= 0.3 is 0 Å². The van der Waals surface area contributed by atoms with E-state index in [1.165, 1.54) is 0 Å².